The molecule has 2 atom stereocenters. The number of aromatic hydroxyl groups is 2. The van der Waals surface area contributed by atoms with Crippen molar-refractivity contribution < 1.29 is 34.1 Å². The smallest absolute Gasteiger partial charge is 0.342 e. The third kappa shape index (κ3) is 9.28. The summed E-state index contributed by atoms with van der Waals surface area (Å²) in [5.41, 5.74) is 0.324. The van der Waals surface area contributed by atoms with Gasteiger partial charge < -0.3 is 29.4 Å². The number of phenols is 2. The summed E-state index contributed by atoms with van der Waals surface area (Å²) in [5, 5.41) is 24.9. The van der Waals surface area contributed by atoms with E-state index >= 15 is 0 Å². The Hall–Kier alpha value is -3.04. The predicted molar refractivity (Wildman–Crippen MR) is 149 cm³/mol. The number of fused-ring (bicyclic) bond motifs is 1. The first-order valence-electron chi connectivity index (χ1n) is 13.7. The number of phenolic OH excluding ortho intramolecular Hbond substituents is 2. The van der Waals surface area contributed by atoms with Crippen LogP contribution in [-0.2, 0) is 25.5 Å². The lowest BCUT2D eigenvalue weighted by molar-refractivity contribution is -0.137. The molecule has 0 aromatic heterocycles. The lowest BCUT2D eigenvalue weighted by atomic mass is 9.99. The van der Waals surface area contributed by atoms with Crippen molar-refractivity contribution >= 4 is 29.2 Å². The van der Waals surface area contributed by atoms with E-state index in [1.54, 1.807) is 17.9 Å². The van der Waals surface area contributed by atoms with Crippen molar-refractivity contribution in [2.45, 2.75) is 77.4 Å². The lowest BCUT2D eigenvalue weighted by Crippen LogP contribution is -2.37. The fourth-order valence-electron chi connectivity index (χ4n) is 4.42. The van der Waals surface area contributed by atoms with Crippen molar-refractivity contribution in [2.24, 2.45) is 5.16 Å². The highest BCUT2D eigenvalue weighted by molar-refractivity contribution is 6.33. The van der Waals surface area contributed by atoms with Crippen LogP contribution in [0.1, 0.15) is 74.7 Å². The first-order chi connectivity index (χ1) is 18.8. The molecule has 10 heteroatoms. The number of nitrogens with zero attached hydrogens (tertiary/aromatic N) is 2. The Balaban J connectivity index is 1.91. The monoisotopic (exact) mass is 562 g/mol. The van der Waals surface area contributed by atoms with Crippen molar-refractivity contribution in [1.82, 2.24) is 4.90 Å². The number of piperidine rings is 1. The van der Waals surface area contributed by atoms with Gasteiger partial charge >= 0.3 is 5.97 Å². The van der Waals surface area contributed by atoms with Crippen LogP contribution in [0.3, 0.4) is 0 Å². The largest absolute Gasteiger partial charge is 0.507 e. The van der Waals surface area contributed by atoms with Crippen molar-refractivity contribution in [1.29, 1.82) is 0 Å². The highest BCUT2D eigenvalue weighted by Gasteiger charge is 2.26. The zero-order valence-electron chi connectivity index (χ0n) is 22.7. The van der Waals surface area contributed by atoms with Gasteiger partial charge in [-0.1, -0.05) is 48.3 Å². The van der Waals surface area contributed by atoms with E-state index < -0.39 is 17.8 Å². The second-order valence-electron chi connectivity index (χ2n) is 9.84. The van der Waals surface area contributed by atoms with E-state index in [4.69, 9.17) is 25.9 Å². The fraction of sp³-hybridized carbons (Fsp3) is 0.552. The number of allylic oxidation sites excluding steroid dienone is 1. The van der Waals surface area contributed by atoms with Gasteiger partial charge in [0.25, 0.3) is 5.91 Å². The third-order valence-electron chi connectivity index (χ3n) is 6.60. The molecule has 9 nitrogen and oxygen atoms in total. The van der Waals surface area contributed by atoms with E-state index in [0.717, 1.165) is 38.2 Å². The standard InChI is InChI=1S/C29H39ClN2O7/c1-3-4-16-37-22-12-8-10-20(2)39-29(36)27-23(28(30)25(34)18-24(27)33)17-21(11-9-13-22)31-38-19-26(35)32-14-6-5-7-15-32/h8-9,11-12,18,20,22,33-34H,3-7,10,13-17,19H2,1-2H3/b11-9+,12-8+,31-21+/t20-,22?/m1/s1. The van der Waals surface area contributed by atoms with Gasteiger partial charge in [-0.25, -0.2) is 4.79 Å². The highest BCUT2D eigenvalue weighted by Crippen LogP contribution is 2.37. The minimum atomic E-state index is -0.775. The van der Waals surface area contributed by atoms with Crippen molar-refractivity contribution in [2.75, 3.05) is 26.3 Å². The number of ether oxygens (including phenoxy) is 2. The molecule has 0 radical (unpaired) electrons. The lowest BCUT2D eigenvalue weighted by Gasteiger charge is -2.26. The molecule has 2 N–H and O–H groups in total. The number of benzene rings is 1. The summed E-state index contributed by atoms with van der Waals surface area (Å²) in [7, 11) is 0. The van der Waals surface area contributed by atoms with Crippen molar-refractivity contribution in [3.05, 3.63) is 46.5 Å². The second kappa shape index (κ2) is 15.5. The van der Waals surface area contributed by atoms with E-state index in [1.165, 1.54) is 0 Å². The van der Waals surface area contributed by atoms with Gasteiger partial charge in [0, 0.05) is 38.6 Å². The van der Waals surface area contributed by atoms with Gasteiger partial charge in [-0.2, -0.15) is 0 Å². The number of amides is 1. The molecule has 1 amide bonds. The van der Waals surface area contributed by atoms with Crippen LogP contribution >= 0.6 is 11.6 Å². The minimum Gasteiger partial charge on any atom is -0.507 e. The molecule has 1 aromatic carbocycles. The summed E-state index contributed by atoms with van der Waals surface area (Å²) in [6, 6.07) is 1.01. The molecule has 2 heterocycles. The van der Waals surface area contributed by atoms with Crippen LogP contribution in [0.5, 0.6) is 11.5 Å². The molecule has 214 valence electrons. The molecule has 0 spiro atoms. The average molecular weight is 563 g/mol. The molecule has 2 aliphatic heterocycles. The maximum atomic E-state index is 13.1. The minimum absolute atomic E-state index is 0.0643. The van der Waals surface area contributed by atoms with Crippen LogP contribution in [0.15, 0.2) is 35.5 Å². The zero-order valence-corrected chi connectivity index (χ0v) is 23.5. The summed E-state index contributed by atoms with van der Waals surface area (Å²) >= 11 is 6.40. The van der Waals surface area contributed by atoms with Crippen LogP contribution in [0.2, 0.25) is 5.02 Å². The predicted octanol–water partition coefficient (Wildman–Crippen LogP) is 5.32. The Labute approximate surface area is 235 Å². The molecular formula is C29H39ClN2O7. The number of hydrogen-bond donors (Lipinski definition) is 2. The van der Waals surface area contributed by atoms with E-state index in [-0.39, 0.29) is 46.9 Å². The summed E-state index contributed by atoms with van der Waals surface area (Å²) in [4.78, 5) is 32.8. The van der Waals surface area contributed by atoms with Crippen molar-refractivity contribution in [3.8, 4) is 11.5 Å². The zero-order chi connectivity index (χ0) is 28.2. The molecule has 1 aromatic rings. The normalized spacial score (nSPS) is 23.4. The quantitative estimate of drug-likeness (QED) is 0.200. The molecule has 1 saturated heterocycles. The van der Waals surface area contributed by atoms with E-state index in [2.05, 4.69) is 12.1 Å². The molecule has 3 rings (SSSR count). The molecule has 0 saturated carbocycles. The number of cyclic esters (lactones) is 1. The van der Waals surface area contributed by atoms with Crippen molar-refractivity contribution in [3.63, 3.8) is 0 Å². The summed E-state index contributed by atoms with van der Waals surface area (Å²) in [5.74, 6) is -1.76. The number of carbonyl (C=O) groups is 2. The Kier molecular flexibility index (Phi) is 12.1. The van der Waals surface area contributed by atoms with Crippen LogP contribution in [0.4, 0.5) is 0 Å². The van der Waals surface area contributed by atoms with Gasteiger partial charge in [0.1, 0.15) is 23.2 Å². The SMILES string of the molecule is CCCCOC1/C=C/C[C@@H](C)OC(=O)c2c(O)cc(O)c(Cl)c2CC(=N/OCC(=O)N2CCCCC2)/C=C/C1. The topological polar surface area (TPSA) is 118 Å². The number of carbonyl (C=O) groups excluding carboxylic acids is 2. The molecular weight excluding hydrogens is 524 g/mol. The van der Waals surface area contributed by atoms with Crippen LogP contribution < -0.4 is 0 Å². The van der Waals surface area contributed by atoms with Gasteiger partial charge in [0.2, 0.25) is 0 Å². The van der Waals surface area contributed by atoms with E-state index in [0.29, 0.717) is 38.2 Å². The maximum Gasteiger partial charge on any atom is 0.342 e. The highest BCUT2D eigenvalue weighted by atomic mass is 35.5. The number of unbranched alkanes of at least 4 members (excludes halogenated alkanes) is 1. The summed E-state index contributed by atoms with van der Waals surface area (Å²) in [6.07, 6.45) is 12.7. The Morgan fingerprint density at radius 2 is 1.95 bits per heavy atom. The number of esters is 1. The van der Waals surface area contributed by atoms with E-state index in [9.17, 15) is 19.8 Å². The number of hydrogen-bond acceptors (Lipinski definition) is 8. The van der Waals surface area contributed by atoms with E-state index in [1.807, 2.05) is 18.2 Å². The molecule has 39 heavy (non-hydrogen) atoms. The fourth-order valence-corrected chi connectivity index (χ4v) is 4.63. The average Bonchev–Trinajstić information content (AvgIpc) is 2.91. The first kappa shape index (κ1) is 30.5. The van der Waals surface area contributed by atoms with Crippen LogP contribution in [0.25, 0.3) is 0 Å². The Morgan fingerprint density at radius 3 is 2.69 bits per heavy atom. The number of rotatable bonds is 7. The number of likely N-dealkylation sites (tertiary alicyclic amines) is 1. The molecule has 0 bridgehead atoms. The second-order valence-corrected chi connectivity index (χ2v) is 10.2. The van der Waals surface area contributed by atoms with Crippen LogP contribution in [0, 0.1) is 0 Å². The van der Waals surface area contributed by atoms with Crippen LogP contribution in [-0.4, -0.2) is 71.2 Å². The molecule has 1 fully saturated rings. The van der Waals surface area contributed by atoms with Gasteiger partial charge in [-0.05, 0) is 50.7 Å². The molecule has 2 aliphatic rings. The Bertz CT molecular complexity index is 1080. The number of oxime groups is 1. The van der Waals surface area contributed by atoms with Gasteiger partial charge in [-0.3, -0.25) is 4.79 Å². The maximum absolute atomic E-state index is 13.1. The van der Waals surface area contributed by atoms with Gasteiger partial charge in [0.15, 0.2) is 6.61 Å². The third-order valence-corrected chi connectivity index (χ3v) is 7.02. The summed E-state index contributed by atoms with van der Waals surface area (Å²) < 4.78 is 11.6. The van der Waals surface area contributed by atoms with Gasteiger partial charge in [-0.15, -0.1) is 0 Å². The summed E-state index contributed by atoms with van der Waals surface area (Å²) in [6.45, 7) is 5.64. The van der Waals surface area contributed by atoms with Gasteiger partial charge in [0.05, 0.1) is 16.8 Å². The first-order valence-corrected chi connectivity index (χ1v) is 14.0. The Morgan fingerprint density at radius 1 is 1.18 bits per heavy atom. The molecule has 0 aliphatic carbocycles. The molecule has 1 unspecified atom stereocenters. The number of halogens is 1.